The van der Waals surface area contributed by atoms with E-state index in [-0.39, 0.29) is 12.5 Å². The molecule has 0 fully saturated rings. The topological polar surface area (TPSA) is 51.1 Å². The Morgan fingerprint density at radius 2 is 1.96 bits per heavy atom. The number of aryl methyl sites for hydroxylation is 1. The van der Waals surface area contributed by atoms with Crippen molar-refractivity contribution in [1.82, 2.24) is 4.57 Å². The number of rotatable bonds is 4. The van der Waals surface area contributed by atoms with Crippen molar-refractivity contribution in [3.8, 4) is 0 Å². The van der Waals surface area contributed by atoms with E-state index in [1.54, 1.807) is 0 Å². The molecular weight excluding hydrogens is 415 g/mol. The molecular formula is C19H17IN2O2. The molecule has 122 valence electrons. The zero-order valence-electron chi connectivity index (χ0n) is 13.5. The van der Waals surface area contributed by atoms with Crippen LogP contribution in [0.1, 0.15) is 21.6 Å². The number of carbonyl (C=O) groups is 2. The van der Waals surface area contributed by atoms with Gasteiger partial charge in [-0.2, -0.15) is 0 Å². The van der Waals surface area contributed by atoms with Gasteiger partial charge in [0.25, 0.3) is 0 Å². The summed E-state index contributed by atoms with van der Waals surface area (Å²) in [6.07, 6.45) is 0.857. The minimum absolute atomic E-state index is 0.111. The van der Waals surface area contributed by atoms with Crippen LogP contribution in [0.3, 0.4) is 0 Å². The van der Waals surface area contributed by atoms with Crippen LogP contribution in [0.15, 0.2) is 42.5 Å². The van der Waals surface area contributed by atoms with Crippen LogP contribution in [0.2, 0.25) is 0 Å². The molecule has 3 rings (SSSR count). The molecule has 0 saturated carbocycles. The van der Waals surface area contributed by atoms with E-state index >= 15 is 0 Å². The normalized spacial score (nSPS) is 10.8. The first-order valence-electron chi connectivity index (χ1n) is 7.60. The minimum Gasteiger partial charge on any atom is -0.335 e. The summed E-state index contributed by atoms with van der Waals surface area (Å²) in [5.41, 5.74) is 4.18. The fraction of sp³-hybridized carbons (Fsp3) is 0.158. The van der Waals surface area contributed by atoms with Crippen molar-refractivity contribution in [2.24, 2.45) is 0 Å². The summed E-state index contributed by atoms with van der Waals surface area (Å²) in [4.78, 5) is 23.9. The number of amides is 1. The Morgan fingerprint density at radius 3 is 2.67 bits per heavy atom. The number of benzene rings is 2. The molecule has 0 aliphatic heterocycles. The molecule has 0 bridgehead atoms. The summed E-state index contributed by atoms with van der Waals surface area (Å²) in [6, 6.07) is 13.5. The molecule has 1 N–H and O–H groups in total. The number of hydrogen-bond donors (Lipinski definition) is 1. The van der Waals surface area contributed by atoms with Crippen molar-refractivity contribution >= 4 is 51.4 Å². The minimum atomic E-state index is -0.111. The van der Waals surface area contributed by atoms with Gasteiger partial charge < -0.3 is 9.88 Å². The number of halogens is 1. The van der Waals surface area contributed by atoms with Gasteiger partial charge in [0, 0.05) is 31.4 Å². The highest BCUT2D eigenvalue weighted by atomic mass is 127. The van der Waals surface area contributed by atoms with Crippen molar-refractivity contribution < 1.29 is 9.59 Å². The van der Waals surface area contributed by atoms with Gasteiger partial charge in [0.15, 0.2) is 6.29 Å². The van der Waals surface area contributed by atoms with Crippen LogP contribution < -0.4 is 5.32 Å². The van der Waals surface area contributed by atoms with E-state index in [1.165, 1.54) is 0 Å². The molecule has 2 aromatic carbocycles. The highest BCUT2D eigenvalue weighted by Gasteiger charge is 2.15. The molecule has 0 saturated heterocycles. The third-order valence-corrected chi connectivity index (χ3v) is 4.83. The van der Waals surface area contributed by atoms with Gasteiger partial charge in [0.2, 0.25) is 5.91 Å². The highest BCUT2D eigenvalue weighted by Crippen LogP contribution is 2.25. The van der Waals surface area contributed by atoms with Gasteiger partial charge in [-0.3, -0.25) is 9.59 Å². The van der Waals surface area contributed by atoms with Gasteiger partial charge in [-0.05, 0) is 66.3 Å². The first-order valence-corrected chi connectivity index (χ1v) is 8.68. The number of para-hydroxylation sites is 1. The second-order valence-electron chi connectivity index (χ2n) is 5.73. The average Bonchev–Trinajstić information content (AvgIpc) is 2.82. The number of anilines is 1. The number of nitrogens with one attached hydrogen (secondary N) is 1. The van der Waals surface area contributed by atoms with Gasteiger partial charge in [-0.15, -0.1) is 0 Å². The Kier molecular flexibility index (Phi) is 4.71. The quantitative estimate of drug-likeness (QED) is 0.494. The second kappa shape index (κ2) is 6.76. The molecule has 0 atom stereocenters. The summed E-state index contributed by atoms with van der Waals surface area (Å²) in [5, 5.41) is 3.83. The summed E-state index contributed by atoms with van der Waals surface area (Å²) in [5.74, 6) is -0.111. The molecule has 0 aliphatic carbocycles. The molecule has 0 aliphatic rings. The van der Waals surface area contributed by atoms with Gasteiger partial charge in [0.05, 0.1) is 0 Å². The van der Waals surface area contributed by atoms with Crippen LogP contribution in [0.4, 0.5) is 5.69 Å². The van der Waals surface area contributed by atoms with Crippen molar-refractivity contribution in [3.05, 3.63) is 62.9 Å². The summed E-state index contributed by atoms with van der Waals surface area (Å²) < 4.78 is 3.02. The van der Waals surface area contributed by atoms with Gasteiger partial charge in [-0.25, -0.2) is 0 Å². The molecule has 4 nitrogen and oxygen atoms in total. The number of fused-ring (bicyclic) bond motifs is 1. The SMILES string of the molecule is Cc1cc(I)ccc1NC(=O)Cn1c(C)c(C=O)c2ccccc21. The van der Waals surface area contributed by atoms with Crippen LogP contribution in [0.25, 0.3) is 10.9 Å². The Labute approximate surface area is 154 Å². The van der Waals surface area contributed by atoms with Crippen molar-refractivity contribution in [2.45, 2.75) is 20.4 Å². The molecule has 24 heavy (non-hydrogen) atoms. The van der Waals surface area contributed by atoms with E-state index in [4.69, 9.17) is 0 Å². The third-order valence-electron chi connectivity index (χ3n) is 4.16. The van der Waals surface area contributed by atoms with Gasteiger partial charge in [-0.1, -0.05) is 18.2 Å². The molecule has 1 aromatic heterocycles. The van der Waals surface area contributed by atoms with Crippen LogP contribution in [0, 0.1) is 17.4 Å². The Balaban J connectivity index is 1.91. The lowest BCUT2D eigenvalue weighted by molar-refractivity contribution is -0.116. The molecule has 0 radical (unpaired) electrons. The maximum atomic E-state index is 12.5. The number of aromatic nitrogens is 1. The Hall–Kier alpha value is -2.15. The van der Waals surface area contributed by atoms with Crippen molar-refractivity contribution in [3.63, 3.8) is 0 Å². The van der Waals surface area contributed by atoms with Gasteiger partial charge in [0.1, 0.15) is 6.54 Å². The van der Waals surface area contributed by atoms with Crippen LogP contribution >= 0.6 is 22.6 Å². The lowest BCUT2D eigenvalue weighted by Gasteiger charge is -2.11. The summed E-state index contributed by atoms with van der Waals surface area (Å²) >= 11 is 2.25. The Morgan fingerprint density at radius 1 is 1.21 bits per heavy atom. The molecule has 1 amide bonds. The molecule has 0 unspecified atom stereocenters. The zero-order chi connectivity index (χ0) is 17.3. The van der Waals surface area contributed by atoms with Crippen LogP contribution in [-0.4, -0.2) is 16.8 Å². The number of carbonyl (C=O) groups excluding carboxylic acids is 2. The maximum absolute atomic E-state index is 12.5. The smallest absolute Gasteiger partial charge is 0.244 e. The third kappa shape index (κ3) is 3.08. The lowest BCUT2D eigenvalue weighted by atomic mass is 10.1. The lowest BCUT2D eigenvalue weighted by Crippen LogP contribution is -2.20. The monoisotopic (exact) mass is 432 g/mol. The van der Waals surface area contributed by atoms with Crippen molar-refractivity contribution in [2.75, 3.05) is 5.32 Å². The first kappa shape index (κ1) is 16.7. The number of nitrogens with zero attached hydrogens (tertiary/aromatic N) is 1. The van der Waals surface area contributed by atoms with Gasteiger partial charge >= 0.3 is 0 Å². The van der Waals surface area contributed by atoms with E-state index in [0.29, 0.717) is 5.56 Å². The fourth-order valence-corrected chi connectivity index (χ4v) is 3.56. The predicted octanol–water partition coefficient (Wildman–Crippen LogP) is 4.31. The second-order valence-corrected chi connectivity index (χ2v) is 6.97. The van der Waals surface area contributed by atoms with Crippen LogP contribution in [-0.2, 0) is 11.3 Å². The van der Waals surface area contributed by atoms with Crippen molar-refractivity contribution in [1.29, 1.82) is 0 Å². The molecule has 1 heterocycles. The predicted molar refractivity (Wildman–Crippen MR) is 105 cm³/mol. The van der Waals surface area contributed by atoms with E-state index in [9.17, 15) is 9.59 Å². The van der Waals surface area contributed by atoms with E-state index in [0.717, 1.165) is 37.7 Å². The molecule has 0 spiro atoms. The average molecular weight is 432 g/mol. The van der Waals surface area contributed by atoms with Crippen LogP contribution in [0.5, 0.6) is 0 Å². The largest absolute Gasteiger partial charge is 0.335 e. The fourth-order valence-electron chi connectivity index (χ4n) is 2.91. The van der Waals surface area contributed by atoms with E-state index < -0.39 is 0 Å². The van der Waals surface area contributed by atoms with E-state index in [2.05, 4.69) is 27.9 Å². The standard InChI is InChI=1S/C19H17IN2O2/c1-12-9-14(20)7-8-17(12)21-19(24)10-22-13(2)16(11-23)15-5-3-4-6-18(15)22/h3-9,11H,10H2,1-2H3,(H,21,24). The summed E-state index contributed by atoms with van der Waals surface area (Å²) in [7, 11) is 0. The highest BCUT2D eigenvalue weighted by molar-refractivity contribution is 14.1. The Bertz CT molecular complexity index is 944. The maximum Gasteiger partial charge on any atom is 0.244 e. The number of hydrogen-bond acceptors (Lipinski definition) is 2. The van der Waals surface area contributed by atoms with E-state index in [1.807, 2.05) is 60.9 Å². The number of aldehydes is 1. The molecule has 5 heteroatoms. The zero-order valence-corrected chi connectivity index (χ0v) is 15.6. The molecule has 3 aromatic rings. The summed E-state index contributed by atoms with van der Waals surface area (Å²) in [6.45, 7) is 4.01. The first-order chi connectivity index (χ1) is 11.5.